The van der Waals surface area contributed by atoms with E-state index in [1.165, 1.54) is 0 Å². The number of aromatic amines is 1. The predicted octanol–water partition coefficient (Wildman–Crippen LogP) is 4.39. The van der Waals surface area contributed by atoms with Crippen molar-refractivity contribution in [3.8, 4) is 11.4 Å². The number of rotatable bonds is 4. The van der Waals surface area contributed by atoms with Crippen LogP contribution in [-0.2, 0) is 0 Å². The van der Waals surface area contributed by atoms with Gasteiger partial charge in [-0.25, -0.2) is 0 Å². The highest BCUT2D eigenvalue weighted by molar-refractivity contribution is 6.38. The van der Waals surface area contributed by atoms with Crippen LogP contribution in [0.4, 0.5) is 0 Å². The molecular formula is C23H22ClN5O2. The maximum atomic E-state index is 13.0. The number of nitrogens with one attached hydrogen (secondary N) is 1. The van der Waals surface area contributed by atoms with Crippen LogP contribution in [0.25, 0.3) is 22.3 Å². The number of nitrogens with zero attached hydrogens (tertiary/aromatic N) is 4. The number of aromatic nitrogens is 3. The van der Waals surface area contributed by atoms with E-state index >= 15 is 0 Å². The Kier molecular flexibility index (Phi) is 5.21. The first-order valence-corrected chi connectivity index (χ1v) is 10.7. The number of H-pyrrole nitrogens is 1. The third-order valence-electron chi connectivity index (χ3n) is 5.84. The molecule has 1 fully saturated rings. The number of benzene rings is 2. The summed E-state index contributed by atoms with van der Waals surface area (Å²) in [7, 11) is 0. The molecule has 1 N–H and O–H groups in total. The van der Waals surface area contributed by atoms with Gasteiger partial charge < -0.3 is 14.4 Å². The van der Waals surface area contributed by atoms with Gasteiger partial charge >= 0.3 is 0 Å². The van der Waals surface area contributed by atoms with E-state index in [2.05, 4.69) is 20.0 Å². The van der Waals surface area contributed by atoms with Crippen molar-refractivity contribution in [3.63, 3.8) is 0 Å². The van der Waals surface area contributed by atoms with Crippen molar-refractivity contribution in [2.24, 2.45) is 0 Å². The molecule has 2 aromatic carbocycles. The number of para-hydroxylation sites is 1. The Hall–Kier alpha value is -3.16. The highest BCUT2D eigenvalue weighted by Crippen LogP contribution is 2.29. The number of hydrogen-bond donors (Lipinski definition) is 1. The number of hydrogen-bond acceptors (Lipinski definition) is 5. The molecule has 5 rings (SSSR count). The van der Waals surface area contributed by atoms with E-state index in [1.807, 2.05) is 66.4 Å². The van der Waals surface area contributed by atoms with Crippen LogP contribution in [0.3, 0.4) is 0 Å². The van der Waals surface area contributed by atoms with Crippen molar-refractivity contribution in [2.75, 3.05) is 26.2 Å². The van der Waals surface area contributed by atoms with Crippen LogP contribution in [0.1, 0.15) is 29.3 Å². The Balaban J connectivity index is 1.25. The van der Waals surface area contributed by atoms with Gasteiger partial charge in [0.2, 0.25) is 11.7 Å². The van der Waals surface area contributed by atoms with Crippen LogP contribution in [0.2, 0.25) is 5.02 Å². The summed E-state index contributed by atoms with van der Waals surface area (Å²) in [5.41, 5.74) is 2.25. The zero-order valence-electron chi connectivity index (χ0n) is 17.1. The summed E-state index contributed by atoms with van der Waals surface area (Å²) in [6.45, 7) is 4.69. The first-order valence-electron chi connectivity index (χ1n) is 10.3. The Morgan fingerprint density at radius 3 is 2.52 bits per heavy atom. The smallest absolute Gasteiger partial charge is 0.271 e. The van der Waals surface area contributed by atoms with E-state index in [9.17, 15) is 4.79 Å². The molecule has 1 atom stereocenters. The standard InChI is InChI=1S/C23H22ClN5O2/c1-15(22-26-21(27-31-22)16-7-3-2-4-8-16)28-11-13-29(14-12-28)23(30)20-19(24)17-9-5-6-10-18(17)25-20/h2-10,15,25H,11-14H2,1H3. The van der Waals surface area contributed by atoms with Crippen LogP contribution in [-0.4, -0.2) is 57.0 Å². The lowest BCUT2D eigenvalue weighted by atomic mass is 10.2. The predicted molar refractivity (Wildman–Crippen MR) is 119 cm³/mol. The van der Waals surface area contributed by atoms with Gasteiger partial charge in [-0.15, -0.1) is 0 Å². The summed E-state index contributed by atoms with van der Waals surface area (Å²) in [5.74, 6) is 1.10. The molecule has 3 heterocycles. The number of halogens is 1. The lowest BCUT2D eigenvalue weighted by Gasteiger charge is -2.36. The maximum Gasteiger partial charge on any atom is 0.271 e. The molecule has 31 heavy (non-hydrogen) atoms. The van der Waals surface area contributed by atoms with Crippen molar-refractivity contribution in [2.45, 2.75) is 13.0 Å². The molecule has 4 aromatic rings. The number of carbonyl (C=O) groups excluding carboxylic acids is 1. The molecular weight excluding hydrogens is 414 g/mol. The molecule has 0 spiro atoms. The van der Waals surface area contributed by atoms with Gasteiger partial charge in [-0.2, -0.15) is 4.98 Å². The molecule has 1 aliphatic heterocycles. The fraction of sp³-hybridized carbons (Fsp3) is 0.261. The van der Waals surface area contributed by atoms with Crippen LogP contribution in [0.15, 0.2) is 59.1 Å². The van der Waals surface area contributed by atoms with Crippen LogP contribution in [0, 0.1) is 0 Å². The number of amides is 1. The number of fused-ring (bicyclic) bond motifs is 1. The Morgan fingerprint density at radius 2 is 1.77 bits per heavy atom. The lowest BCUT2D eigenvalue weighted by Crippen LogP contribution is -2.49. The SMILES string of the molecule is CC(c1nc(-c2ccccc2)no1)N1CCN(C(=O)c2[nH]c3ccccc3c2Cl)CC1. The quantitative estimate of drug-likeness (QED) is 0.514. The zero-order chi connectivity index (χ0) is 21.4. The number of carbonyl (C=O) groups is 1. The van der Waals surface area contributed by atoms with E-state index in [-0.39, 0.29) is 11.9 Å². The van der Waals surface area contributed by atoms with Crippen molar-refractivity contribution in [1.82, 2.24) is 24.9 Å². The maximum absolute atomic E-state index is 13.0. The summed E-state index contributed by atoms with van der Waals surface area (Å²) in [4.78, 5) is 24.9. The molecule has 1 saturated heterocycles. The van der Waals surface area contributed by atoms with Crippen molar-refractivity contribution < 1.29 is 9.32 Å². The monoisotopic (exact) mass is 435 g/mol. The molecule has 8 heteroatoms. The van der Waals surface area contributed by atoms with Gasteiger partial charge in [0.05, 0.1) is 11.1 Å². The van der Waals surface area contributed by atoms with Gasteiger partial charge in [-0.1, -0.05) is 65.3 Å². The Labute approximate surface area is 184 Å². The van der Waals surface area contributed by atoms with Gasteiger partial charge in [0.15, 0.2) is 0 Å². The molecule has 1 aliphatic rings. The highest BCUT2D eigenvalue weighted by atomic mass is 35.5. The van der Waals surface area contributed by atoms with Crippen molar-refractivity contribution in [3.05, 3.63) is 71.2 Å². The average molecular weight is 436 g/mol. The molecule has 2 aromatic heterocycles. The first kappa shape index (κ1) is 19.8. The third-order valence-corrected chi connectivity index (χ3v) is 6.23. The minimum Gasteiger partial charge on any atom is -0.349 e. The van der Waals surface area contributed by atoms with Gasteiger partial charge in [0.25, 0.3) is 5.91 Å². The zero-order valence-corrected chi connectivity index (χ0v) is 17.8. The fourth-order valence-corrected chi connectivity index (χ4v) is 4.28. The van der Waals surface area contributed by atoms with E-state index in [0.29, 0.717) is 48.6 Å². The largest absolute Gasteiger partial charge is 0.349 e. The van der Waals surface area contributed by atoms with E-state index < -0.39 is 0 Å². The highest BCUT2D eigenvalue weighted by Gasteiger charge is 2.29. The van der Waals surface area contributed by atoms with E-state index in [4.69, 9.17) is 16.1 Å². The van der Waals surface area contributed by atoms with Crippen LogP contribution in [0.5, 0.6) is 0 Å². The topological polar surface area (TPSA) is 78.3 Å². The normalized spacial score (nSPS) is 16.0. The van der Waals surface area contributed by atoms with Crippen molar-refractivity contribution in [1.29, 1.82) is 0 Å². The summed E-state index contributed by atoms with van der Waals surface area (Å²) < 4.78 is 5.52. The molecule has 0 aliphatic carbocycles. The Bertz CT molecular complexity index is 1210. The van der Waals surface area contributed by atoms with Gasteiger partial charge in [0, 0.05) is 42.6 Å². The van der Waals surface area contributed by atoms with Crippen LogP contribution < -0.4 is 0 Å². The second-order valence-electron chi connectivity index (χ2n) is 7.69. The molecule has 0 bridgehead atoms. The summed E-state index contributed by atoms with van der Waals surface area (Å²) in [6, 6.07) is 17.4. The number of piperazine rings is 1. The average Bonchev–Trinajstić information content (AvgIpc) is 3.44. The molecule has 158 valence electrons. The van der Waals surface area contributed by atoms with E-state index in [0.717, 1.165) is 16.5 Å². The molecule has 0 radical (unpaired) electrons. The summed E-state index contributed by atoms with van der Waals surface area (Å²) >= 11 is 6.47. The second kappa shape index (κ2) is 8.17. The first-order chi connectivity index (χ1) is 15.1. The molecule has 1 unspecified atom stereocenters. The second-order valence-corrected chi connectivity index (χ2v) is 8.06. The van der Waals surface area contributed by atoms with Crippen molar-refractivity contribution >= 4 is 28.4 Å². The van der Waals surface area contributed by atoms with Crippen LogP contribution >= 0.6 is 11.6 Å². The third kappa shape index (κ3) is 3.71. The van der Waals surface area contributed by atoms with E-state index in [1.54, 1.807) is 0 Å². The lowest BCUT2D eigenvalue weighted by molar-refractivity contribution is 0.0547. The molecule has 1 amide bonds. The molecule has 0 saturated carbocycles. The van der Waals surface area contributed by atoms with Gasteiger partial charge in [-0.05, 0) is 13.0 Å². The molecule has 7 nitrogen and oxygen atoms in total. The minimum absolute atomic E-state index is 0.0288. The summed E-state index contributed by atoms with van der Waals surface area (Å²) in [5, 5.41) is 5.47. The van der Waals surface area contributed by atoms with Gasteiger partial charge in [0.1, 0.15) is 5.69 Å². The summed E-state index contributed by atoms with van der Waals surface area (Å²) in [6.07, 6.45) is 0. The minimum atomic E-state index is -0.0716. The van der Waals surface area contributed by atoms with Gasteiger partial charge in [-0.3, -0.25) is 9.69 Å². The fourth-order valence-electron chi connectivity index (χ4n) is 3.99. The Morgan fingerprint density at radius 1 is 1.06 bits per heavy atom.